The van der Waals surface area contributed by atoms with Gasteiger partial charge in [-0.2, -0.15) is 0 Å². The van der Waals surface area contributed by atoms with Crippen LogP contribution >= 0.6 is 0 Å². The normalized spacial score (nSPS) is 21.1. The van der Waals surface area contributed by atoms with Crippen molar-refractivity contribution >= 4 is 0 Å². The van der Waals surface area contributed by atoms with Crippen molar-refractivity contribution in [1.82, 2.24) is 5.32 Å². The Morgan fingerprint density at radius 1 is 1.50 bits per heavy atom. The molecule has 0 unspecified atom stereocenters. The van der Waals surface area contributed by atoms with E-state index in [0.717, 1.165) is 19.5 Å². The molecular formula is C9H17N3+. The van der Waals surface area contributed by atoms with Crippen molar-refractivity contribution < 1.29 is 4.70 Å². The number of nitrogens with zero attached hydrogens (tertiary/aromatic N) is 2. The summed E-state index contributed by atoms with van der Waals surface area (Å²) in [6.07, 6.45) is 1.13. The fourth-order valence-electron chi connectivity index (χ4n) is 1.37. The summed E-state index contributed by atoms with van der Waals surface area (Å²) in [5, 5.41) is 7.48. The lowest BCUT2D eigenvalue weighted by atomic mass is 10.1. The van der Waals surface area contributed by atoms with Gasteiger partial charge < -0.3 is 5.32 Å². The highest BCUT2D eigenvalue weighted by Crippen LogP contribution is 2.21. The lowest BCUT2D eigenvalue weighted by Crippen LogP contribution is -2.26. The van der Waals surface area contributed by atoms with Gasteiger partial charge in [0.15, 0.2) is 13.6 Å². The predicted octanol–water partition coefficient (Wildman–Crippen LogP) is 1.53. The quantitative estimate of drug-likeness (QED) is 0.544. The molecule has 1 N–H and O–H groups in total. The van der Waals surface area contributed by atoms with E-state index in [4.69, 9.17) is 0 Å². The van der Waals surface area contributed by atoms with E-state index >= 15 is 0 Å². The first-order valence-corrected chi connectivity index (χ1v) is 4.58. The van der Waals surface area contributed by atoms with E-state index in [1.807, 2.05) is 32.1 Å². The Balaban J connectivity index is 0.000000336. The Kier molecular flexibility index (Phi) is 3.41. The van der Waals surface area contributed by atoms with Crippen LogP contribution in [0.4, 0.5) is 0 Å². The van der Waals surface area contributed by atoms with Gasteiger partial charge in [-0.05, 0) is 18.1 Å². The van der Waals surface area contributed by atoms with Crippen LogP contribution < -0.4 is 5.32 Å². The molecule has 0 amide bonds. The Hall–Kier alpha value is -0.700. The number of hydrogen-bond donors (Lipinski definition) is 1. The highest BCUT2D eigenvalue weighted by Gasteiger charge is 2.26. The van der Waals surface area contributed by atoms with E-state index in [9.17, 15) is 0 Å². The average molecular weight is 167 g/mol. The Morgan fingerprint density at radius 2 is 2.25 bits per heavy atom. The second-order valence-electron chi connectivity index (χ2n) is 2.67. The van der Waals surface area contributed by atoms with Crippen molar-refractivity contribution in [3.63, 3.8) is 0 Å². The van der Waals surface area contributed by atoms with Gasteiger partial charge in [0.1, 0.15) is 0 Å². The van der Waals surface area contributed by atoms with Crippen molar-refractivity contribution in [1.29, 1.82) is 0 Å². The van der Waals surface area contributed by atoms with E-state index in [1.165, 1.54) is 11.3 Å². The summed E-state index contributed by atoms with van der Waals surface area (Å²) in [7, 11) is 1.99. The topological polar surface area (TPSA) is 27.4 Å². The summed E-state index contributed by atoms with van der Waals surface area (Å²) in [4.78, 5) is 0. The third kappa shape index (κ3) is 1.72. The molecule has 0 atom stereocenters. The van der Waals surface area contributed by atoms with Crippen LogP contribution in [0.5, 0.6) is 0 Å². The van der Waals surface area contributed by atoms with Crippen LogP contribution in [0.3, 0.4) is 0 Å². The highest BCUT2D eigenvalue weighted by atomic mass is 15.3. The molecule has 0 fully saturated rings. The zero-order chi connectivity index (χ0) is 8.97. The lowest BCUT2D eigenvalue weighted by Gasteiger charge is -2.08. The summed E-state index contributed by atoms with van der Waals surface area (Å²) < 4.78 is 1.95. The first-order chi connectivity index (χ1) is 5.88. The van der Waals surface area contributed by atoms with Crippen LogP contribution in [-0.2, 0) is 0 Å². The van der Waals surface area contributed by atoms with Crippen LogP contribution in [0.15, 0.2) is 16.4 Å². The van der Waals surface area contributed by atoms with Crippen LogP contribution in [0.2, 0.25) is 0 Å². The van der Waals surface area contributed by atoms with Crippen molar-refractivity contribution in [3.8, 4) is 0 Å². The number of rotatable bonds is 0. The minimum Gasteiger partial charge on any atom is -0.307 e. The van der Waals surface area contributed by atoms with Gasteiger partial charge in [0.25, 0.3) is 0 Å². The molecule has 0 spiro atoms. The standard InChI is InChI=1S/C7H11N3.C2H6/c1-10-7-5-8-3-2-6(7)4-9-10;1-2/h4,8H,2-3,5H2,1H3;1-2H3/q+1;. The SMILES string of the molecule is CC.C[N+]1=N[CH]C2=C1CNCC2. The zero-order valence-corrected chi connectivity index (χ0v) is 8.09. The molecule has 0 aromatic rings. The summed E-state index contributed by atoms with van der Waals surface area (Å²) in [5.41, 5.74) is 2.74. The highest BCUT2D eigenvalue weighted by molar-refractivity contribution is 5.21. The van der Waals surface area contributed by atoms with Crippen molar-refractivity contribution in [3.05, 3.63) is 17.8 Å². The first kappa shape index (κ1) is 9.39. The first-order valence-electron chi connectivity index (χ1n) is 4.58. The largest absolute Gasteiger partial charge is 0.307 e. The molecule has 2 rings (SSSR count). The maximum absolute atomic E-state index is 4.17. The van der Waals surface area contributed by atoms with Crippen molar-refractivity contribution in [2.45, 2.75) is 20.3 Å². The maximum atomic E-state index is 4.17. The van der Waals surface area contributed by atoms with Gasteiger partial charge in [0, 0.05) is 5.57 Å². The van der Waals surface area contributed by atoms with Crippen molar-refractivity contribution in [2.75, 3.05) is 20.1 Å². The van der Waals surface area contributed by atoms with E-state index in [0.29, 0.717) is 0 Å². The number of azo groups is 2. The Morgan fingerprint density at radius 3 is 2.92 bits per heavy atom. The van der Waals surface area contributed by atoms with E-state index in [2.05, 4.69) is 10.4 Å². The van der Waals surface area contributed by atoms with Crippen LogP contribution in [0.1, 0.15) is 20.3 Å². The molecule has 0 aromatic carbocycles. The number of likely N-dealkylation sites (N-methyl/N-ethyl adjacent to an activating group) is 1. The number of nitrogens with one attached hydrogen (secondary N) is 1. The van der Waals surface area contributed by atoms with Crippen LogP contribution in [0, 0.1) is 6.54 Å². The van der Waals surface area contributed by atoms with Crippen LogP contribution in [0.25, 0.3) is 0 Å². The molecule has 3 nitrogen and oxygen atoms in total. The molecule has 2 aliphatic rings. The molecule has 12 heavy (non-hydrogen) atoms. The minimum atomic E-state index is 0.978. The molecule has 67 valence electrons. The van der Waals surface area contributed by atoms with Gasteiger partial charge in [0.2, 0.25) is 5.70 Å². The van der Waals surface area contributed by atoms with Gasteiger partial charge in [0.05, 0.1) is 6.54 Å². The minimum absolute atomic E-state index is 0.978. The molecule has 0 saturated carbocycles. The molecule has 3 heteroatoms. The fraction of sp³-hybridized carbons (Fsp3) is 0.667. The summed E-state index contributed by atoms with van der Waals surface area (Å²) in [5.74, 6) is 0. The third-order valence-electron chi connectivity index (χ3n) is 2.01. The van der Waals surface area contributed by atoms with Crippen molar-refractivity contribution in [2.24, 2.45) is 5.11 Å². The average Bonchev–Trinajstić information content (AvgIpc) is 2.53. The van der Waals surface area contributed by atoms with Crippen LogP contribution in [-0.4, -0.2) is 24.8 Å². The Labute approximate surface area is 74.2 Å². The molecule has 0 bridgehead atoms. The smallest absolute Gasteiger partial charge is 0.223 e. The third-order valence-corrected chi connectivity index (χ3v) is 2.01. The predicted molar refractivity (Wildman–Crippen MR) is 48.8 cm³/mol. The number of hydrogen-bond acceptors (Lipinski definition) is 2. The fourth-order valence-corrected chi connectivity index (χ4v) is 1.37. The van der Waals surface area contributed by atoms with Gasteiger partial charge in [-0.1, -0.05) is 18.5 Å². The second kappa shape index (κ2) is 4.36. The molecule has 0 saturated heterocycles. The maximum Gasteiger partial charge on any atom is 0.223 e. The molecular weight excluding hydrogens is 150 g/mol. The second-order valence-corrected chi connectivity index (χ2v) is 2.67. The van der Waals surface area contributed by atoms with E-state index < -0.39 is 0 Å². The Bertz CT molecular complexity index is 216. The van der Waals surface area contributed by atoms with E-state index in [-0.39, 0.29) is 0 Å². The van der Waals surface area contributed by atoms with E-state index in [1.54, 1.807) is 0 Å². The molecule has 0 aliphatic carbocycles. The van der Waals surface area contributed by atoms with Gasteiger partial charge in [-0.25, -0.2) is 0 Å². The zero-order valence-electron chi connectivity index (χ0n) is 8.09. The molecule has 2 heterocycles. The monoisotopic (exact) mass is 167 g/mol. The van der Waals surface area contributed by atoms with Gasteiger partial charge >= 0.3 is 0 Å². The molecule has 0 aromatic heterocycles. The van der Waals surface area contributed by atoms with Gasteiger partial charge in [-0.15, -0.1) is 0 Å². The summed E-state index contributed by atoms with van der Waals surface area (Å²) in [6, 6.07) is 0. The van der Waals surface area contributed by atoms with Gasteiger partial charge in [-0.3, -0.25) is 0 Å². The summed E-state index contributed by atoms with van der Waals surface area (Å²) >= 11 is 0. The summed E-state index contributed by atoms with van der Waals surface area (Å²) in [6.45, 7) is 8.04. The molecule has 2 aliphatic heterocycles. The molecule has 1 radical (unpaired) electrons. The lowest BCUT2D eigenvalue weighted by molar-refractivity contribution is -0.510.